The van der Waals surface area contributed by atoms with Crippen LogP contribution in [0.2, 0.25) is 0 Å². The van der Waals surface area contributed by atoms with Crippen LogP contribution in [0, 0.1) is 6.92 Å². The molecule has 100 valence electrons. The number of aromatic nitrogens is 2. The van der Waals surface area contributed by atoms with Gasteiger partial charge < -0.3 is 9.47 Å². The molecule has 1 aromatic heterocycles. The van der Waals surface area contributed by atoms with Crippen molar-refractivity contribution in [3.8, 4) is 0 Å². The molecule has 3 rings (SSSR count). The standard InChI is InChI=1S/C14H22N2O2/c1-3-12-10-16(15-11(12)2)13-4-6-14(7-5-13)17-8-9-18-14/h10,13H,3-9H2,1-2H3. The fraction of sp³-hybridized carbons (Fsp3) is 0.786. The van der Waals surface area contributed by atoms with Crippen molar-refractivity contribution in [3.05, 3.63) is 17.5 Å². The van der Waals surface area contributed by atoms with E-state index in [-0.39, 0.29) is 5.79 Å². The molecule has 1 spiro atoms. The van der Waals surface area contributed by atoms with Crippen molar-refractivity contribution < 1.29 is 9.47 Å². The molecule has 4 nitrogen and oxygen atoms in total. The van der Waals surface area contributed by atoms with Gasteiger partial charge in [-0.05, 0) is 31.7 Å². The highest BCUT2D eigenvalue weighted by Crippen LogP contribution is 2.40. The number of rotatable bonds is 2. The smallest absolute Gasteiger partial charge is 0.168 e. The molecule has 18 heavy (non-hydrogen) atoms. The van der Waals surface area contributed by atoms with Crippen molar-refractivity contribution in [2.75, 3.05) is 13.2 Å². The summed E-state index contributed by atoms with van der Waals surface area (Å²) >= 11 is 0. The van der Waals surface area contributed by atoms with E-state index in [1.54, 1.807) is 0 Å². The molecule has 2 heterocycles. The van der Waals surface area contributed by atoms with Crippen molar-refractivity contribution in [3.63, 3.8) is 0 Å². The first-order chi connectivity index (χ1) is 8.72. The third-order valence-corrected chi connectivity index (χ3v) is 4.30. The molecule has 0 aromatic carbocycles. The van der Waals surface area contributed by atoms with Gasteiger partial charge in [0.25, 0.3) is 0 Å². The summed E-state index contributed by atoms with van der Waals surface area (Å²) in [6.45, 7) is 5.80. The summed E-state index contributed by atoms with van der Waals surface area (Å²) < 4.78 is 13.7. The van der Waals surface area contributed by atoms with Crippen LogP contribution in [0.4, 0.5) is 0 Å². The fourth-order valence-electron chi connectivity index (χ4n) is 3.15. The first-order valence-electron chi connectivity index (χ1n) is 7.05. The van der Waals surface area contributed by atoms with Gasteiger partial charge in [0.05, 0.1) is 24.9 Å². The predicted molar refractivity (Wildman–Crippen MR) is 68.5 cm³/mol. The molecule has 0 bridgehead atoms. The van der Waals surface area contributed by atoms with Gasteiger partial charge >= 0.3 is 0 Å². The molecular weight excluding hydrogens is 228 g/mol. The summed E-state index contributed by atoms with van der Waals surface area (Å²) in [6, 6.07) is 0.516. The quantitative estimate of drug-likeness (QED) is 0.809. The monoisotopic (exact) mass is 250 g/mol. The third-order valence-electron chi connectivity index (χ3n) is 4.30. The average molecular weight is 250 g/mol. The predicted octanol–water partition coefficient (Wildman–Crippen LogP) is 2.61. The second kappa shape index (κ2) is 4.67. The zero-order valence-corrected chi connectivity index (χ0v) is 11.3. The number of ether oxygens (including phenoxy) is 2. The first-order valence-corrected chi connectivity index (χ1v) is 7.05. The number of hydrogen-bond acceptors (Lipinski definition) is 3. The maximum Gasteiger partial charge on any atom is 0.168 e. The third kappa shape index (κ3) is 2.08. The normalized spacial score (nSPS) is 23.9. The molecule has 2 aliphatic rings. The van der Waals surface area contributed by atoms with Gasteiger partial charge in [0, 0.05) is 19.0 Å². The van der Waals surface area contributed by atoms with Crippen molar-refractivity contribution in [1.82, 2.24) is 9.78 Å². The van der Waals surface area contributed by atoms with Crippen molar-refractivity contribution in [2.24, 2.45) is 0 Å². The molecule has 1 saturated carbocycles. The van der Waals surface area contributed by atoms with E-state index in [0.29, 0.717) is 6.04 Å². The highest BCUT2D eigenvalue weighted by atomic mass is 16.7. The lowest BCUT2D eigenvalue weighted by Crippen LogP contribution is -2.35. The average Bonchev–Trinajstić information content (AvgIpc) is 2.98. The van der Waals surface area contributed by atoms with Gasteiger partial charge in [0.2, 0.25) is 0 Å². The van der Waals surface area contributed by atoms with E-state index in [1.165, 1.54) is 11.3 Å². The van der Waals surface area contributed by atoms with E-state index in [9.17, 15) is 0 Å². The van der Waals surface area contributed by atoms with E-state index in [2.05, 4.69) is 29.8 Å². The van der Waals surface area contributed by atoms with Gasteiger partial charge in [-0.1, -0.05) is 6.92 Å². The Morgan fingerprint density at radius 1 is 1.33 bits per heavy atom. The van der Waals surface area contributed by atoms with Crippen molar-refractivity contribution >= 4 is 0 Å². The Morgan fingerprint density at radius 2 is 2.00 bits per heavy atom. The summed E-state index contributed by atoms with van der Waals surface area (Å²) in [4.78, 5) is 0. The Hall–Kier alpha value is -0.870. The number of aryl methyl sites for hydroxylation is 2. The molecule has 0 N–H and O–H groups in total. The lowest BCUT2D eigenvalue weighted by molar-refractivity contribution is -0.181. The van der Waals surface area contributed by atoms with Gasteiger partial charge in [-0.3, -0.25) is 4.68 Å². The van der Waals surface area contributed by atoms with Gasteiger partial charge in [-0.25, -0.2) is 0 Å². The Morgan fingerprint density at radius 3 is 2.56 bits per heavy atom. The molecule has 2 fully saturated rings. The molecule has 0 amide bonds. The SMILES string of the molecule is CCc1cn(C2CCC3(CC2)OCCO3)nc1C. The molecule has 0 atom stereocenters. The van der Waals surface area contributed by atoms with Crippen LogP contribution in [0.3, 0.4) is 0 Å². The van der Waals surface area contributed by atoms with Crippen LogP contribution in [0.25, 0.3) is 0 Å². The van der Waals surface area contributed by atoms with Gasteiger partial charge in [0.15, 0.2) is 5.79 Å². The second-order valence-corrected chi connectivity index (χ2v) is 5.41. The topological polar surface area (TPSA) is 36.3 Å². The lowest BCUT2D eigenvalue weighted by atomic mass is 9.90. The van der Waals surface area contributed by atoms with Crippen LogP contribution in [0.5, 0.6) is 0 Å². The Labute approximate surface area is 108 Å². The summed E-state index contributed by atoms with van der Waals surface area (Å²) in [5.41, 5.74) is 2.54. The molecule has 1 aromatic rings. The van der Waals surface area contributed by atoms with Gasteiger partial charge in [-0.15, -0.1) is 0 Å². The fourth-order valence-corrected chi connectivity index (χ4v) is 3.15. The number of nitrogens with zero attached hydrogens (tertiary/aromatic N) is 2. The summed E-state index contributed by atoms with van der Waals surface area (Å²) in [6.07, 6.45) is 7.48. The minimum absolute atomic E-state index is 0.258. The van der Waals surface area contributed by atoms with E-state index in [4.69, 9.17) is 9.47 Å². The minimum atomic E-state index is -0.258. The van der Waals surface area contributed by atoms with E-state index < -0.39 is 0 Å². The van der Waals surface area contributed by atoms with Crippen LogP contribution in [0.15, 0.2) is 6.20 Å². The van der Waals surface area contributed by atoms with Crippen LogP contribution in [0.1, 0.15) is 49.9 Å². The van der Waals surface area contributed by atoms with Crippen LogP contribution in [-0.2, 0) is 15.9 Å². The van der Waals surface area contributed by atoms with Gasteiger partial charge in [-0.2, -0.15) is 5.10 Å². The van der Waals surface area contributed by atoms with Crippen molar-refractivity contribution in [2.45, 2.75) is 57.8 Å². The first kappa shape index (κ1) is 12.2. The van der Waals surface area contributed by atoms with Crippen LogP contribution < -0.4 is 0 Å². The largest absolute Gasteiger partial charge is 0.348 e. The Balaban J connectivity index is 1.68. The molecule has 0 radical (unpaired) electrons. The Bertz CT molecular complexity index is 411. The maximum absolute atomic E-state index is 5.76. The molecule has 1 saturated heterocycles. The number of hydrogen-bond donors (Lipinski definition) is 0. The zero-order chi connectivity index (χ0) is 12.6. The Kier molecular flexibility index (Phi) is 3.16. The highest BCUT2D eigenvalue weighted by Gasteiger charge is 2.40. The lowest BCUT2D eigenvalue weighted by Gasteiger charge is -2.35. The van der Waals surface area contributed by atoms with E-state index in [0.717, 1.165) is 45.3 Å². The van der Waals surface area contributed by atoms with Gasteiger partial charge in [0.1, 0.15) is 0 Å². The summed E-state index contributed by atoms with van der Waals surface area (Å²) in [5.74, 6) is -0.258. The molecular formula is C14H22N2O2. The molecule has 4 heteroatoms. The maximum atomic E-state index is 5.76. The summed E-state index contributed by atoms with van der Waals surface area (Å²) in [5, 5.41) is 4.66. The molecule has 1 aliphatic heterocycles. The van der Waals surface area contributed by atoms with Crippen LogP contribution >= 0.6 is 0 Å². The highest BCUT2D eigenvalue weighted by molar-refractivity contribution is 5.15. The van der Waals surface area contributed by atoms with Crippen molar-refractivity contribution in [1.29, 1.82) is 0 Å². The minimum Gasteiger partial charge on any atom is -0.348 e. The second-order valence-electron chi connectivity index (χ2n) is 5.41. The van der Waals surface area contributed by atoms with E-state index in [1.807, 2.05) is 0 Å². The molecule has 1 aliphatic carbocycles. The van der Waals surface area contributed by atoms with Crippen LogP contribution in [-0.4, -0.2) is 28.8 Å². The van der Waals surface area contributed by atoms with E-state index >= 15 is 0 Å². The molecule has 0 unspecified atom stereocenters. The zero-order valence-electron chi connectivity index (χ0n) is 11.3. The summed E-state index contributed by atoms with van der Waals surface area (Å²) in [7, 11) is 0.